The van der Waals surface area contributed by atoms with E-state index >= 15 is 0 Å². The number of benzene rings is 3. The fraction of sp³-hybridized carbons (Fsp3) is 0.417. The molecule has 0 spiro atoms. The van der Waals surface area contributed by atoms with Gasteiger partial charge in [0.1, 0.15) is 48.4 Å². The van der Waals surface area contributed by atoms with Crippen LogP contribution in [0.25, 0.3) is 34.2 Å². The Labute approximate surface area is 275 Å². The third kappa shape index (κ3) is 10.6. The minimum atomic E-state index is -0.826. The average Bonchev–Trinajstić information content (AvgIpc) is 3.08. The third-order valence-electron chi connectivity index (χ3n) is 7.39. The van der Waals surface area contributed by atoms with Crippen LogP contribution < -0.4 is 9.47 Å². The first kappa shape index (κ1) is 35.6. The van der Waals surface area contributed by atoms with Crippen LogP contribution in [0.1, 0.15) is 47.0 Å². The van der Waals surface area contributed by atoms with E-state index in [0.717, 1.165) is 19.3 Å². The zero-order valence-corrected chi connectivity index (χ0v) is 27.4. The molecule has 0 aliphatic heterocycles. The number of aliphatic hydroxyl groups excluding tert-OH is 2. The van der Waals surface area contributed by atoms with Crippen molar-refractivity contribution in [1.82, 2.24) is 15.0 Å². The molecule has 0 saturated carbocycles. The Kier molecular flexibility index (Phi) is 13.3. The van der Waals surface area contributed by atoms with Crippen molar-refractivity contribution in [1.29, 1.82) is 0 Å². The van der Waals surface area contributed by atoms with Crippen LogP contribution in [0.2, 0.25) is 0 Å². The fourth-order valence-electron chi connectivity index (χ4n) is 4.55. The normalized spacial score (nSPS) is 13.9. The maximum atomic E-state index is 11.0. The largest absolute Gasteiger partial charge is 0.507 e. The summed E-state index contributed by atoms with van der Waals surface area (Å²) in [6.45, 7) is 8.27. The number of rotatable bonds is 18. The predicted octanol–water partition coefficient (Wildman–Crippen LogP) is 5.78. The molecule has 1 heterocycles. The minimum Gasteiger partial charge on any atom is -0.507 e. The molecule has 4 unspecified atom stereocenters. The highest BCUT2D eigenvalue weighted by Crippen LogP contribution is 2.35. The molecular weight excluding hydrogens is 602 g/mol. The molecule has 1 aromatic heterocycles. The highest BCUT2D eigenvalue weighted by molar-refractivity contribution is 5.72. The van der Waals surface area contributed by atoms with Gasteiger partial charge in [-0.3, -0.25) is 0 Å². The number of aliphatic hydroxyl groups is 2. The summed E-state index contributed by atoms with van der Waals surface area (Å²) < 4.78 is 22.6. The number of aromatic hydroxyl groups is 2. The molecule has 11 nitrogen and oxygen atoms in total. The second-order valence-corrected chi connectivity index (χ2v) is 11.4. The maximum absolute atomic E-state index is 11.0. The number of phenolic OH excluding ortho intramolecular Hbond substituents is 2. The first-order valence-corrected chi connectivity index (χ1v) is 16.0. The molecule has 0 bridgehead atoms. The number of phenols is 2. The lowest BCUT2D eigenvalue weighted by Crippen LogP contribution is -2.25. The lowest BCUT2D eigenvalue weighted by atomic mass is 10.1. The Morgan fingerprint density at radius 2 is 1.11 bits per heavy atom. The lowest BCUT2D eigenvalue weighted by molar-refractivity contribution is -0.0209. The summed E-state index contributed by atoms with van der Waals surface area (Å²) in [7, 11) is 0. The molecule has 0 amide bonds. The van der Waals surface area contributed by atoms with Crippen LogP contribution in [0.3, 0.4) is 0 Å². The van der Waals surface area contributed by atoms with Gasteiger partial charge in [0.25, 0.3) is 0 Å². The van der Waals surface area contributed by atoms with Crippen molar-refractivity contribution in [3.8, 4) is 57.2 Å². The summed E-state index contributed by atoms with van der Waals surface area (Å²) in [5, 5.41) is 42.4. The van der Waals surface area contributed by atoms with Gasteiger partial charge in [0.2, 0.25) is 0 Å². The Morgan fingerprint density at radius 1 is 0.617 bits per heavy atom. The predicted molar refractivity (Wildman–Crippen MR) is 178 cm³/mol. The maximum Gasteiger partial charge on any atom is 0.167 e. The first-order chi connectivity index (χ1) is 22.7. The van der Waals surface area contributed by atoms with Crippen molar-refractivity contribution in [3.63, 3.8) is 0 Å². The zero-order valence-electron chi connectivity index (χ0n) is 27.4. The highest BCUT2D eigenvalue weighted by Gasteiger charge is 2.18. The van der Waals surface area contributed by atoms with Crippen molar-refractivity contribution in [2.75, 3.05) is 26.4 Å². The van der Waals surface area contributed by atoms with Crippen LogP contribution in [-0.4, -0.2) is 86.2 Å². The van der Waals surface area contributed by atoms with E-state index in [9.17, 15) is 20.4 Å². The van der Waals surface area contributed by atoms with Crippen LogP contribution in [0.4, 0.5) is 0 Å². The number of hydrogen-bond acceptors (Lipinski definition) is 11. The molecular formula is C36H45N3O8. The van der Waals surface area contributed by atoms with Crippen molar-refractivity contribution in [2.45, 2.75) is 71.4 Å². The van der Waals surface area contributed by atoms with Gasteiger partial charge >= 0.3 is 0 Å². The lowest BCUT2D eigenvalue weighted by Gasteiger charge is -2.17. The van der Waals surface area contributed by atoms with E-state index in [1.165, 1.54) is 12.1 Å². The second-order valence-electron chi connectivity index (χ2n) is 11.4. The molecule has 0 fully saturated rings. The third-order valence-corrected chi connectivity index (χ3v) is 7.39. The van der Waals surface area contributed by atoms with Crippen LogP contribution in [-0.2, 0) is 9.47 Å². The molecule has 0 aliphatic rings. The molecule has 4 aromatic rings. The Morgan fingerprint density at radius 3 is 1.57 bits per heavy atom. The molecule has 11 heteroatoms. The summed E-state index contributed by atoms with van der Waals surface area (Å²) in [5.74, 6) is 1.14. The molecule has 0 saturated heterocycles. The molecule has 0 aliphatic carbocycles. The van der Waals surface area contributed by atoms with Gasteiger partial charge in [-0.05, 0) is 51.0 Å². The summed E-state index contributed by atoms with van der Waals surface area (Å²) in [4.78, 5) is 13.8. The summed E-state index contributed by atoms with van der Waals surface area (Å²) >= 11 is 0. The number of ether oxygens (including phenoxy) is 4. The van der Waals surface area contributed by atoms with E-state index in [2.05, 4.69) is 21.9 Å². The van der Waals surface area contributed by atoms with Crippen molar-refractivity contribution >= 4 is 0 Å². The summed E-state index contributed by atoms with van der Waals surface area (Å²) in [6, 6.07) is 18.7. The van der Waals surface area contributed by atoms with Crippen LogP contribution >= 0.6 is 0 Å². The monoisotopic (exact) mass is 647 g/mol. The van der Waals surface area contributed by atoms with Gasteiger partial charge in [0.15, 0.2) is 17.5 Å². The van der Waals surface area contributed by atoms with Gasteiger partial charge in [-0.25, -0.2) is 15.0 Å². The van der Waals surface area contributed by atoms with Gasteiger partial charge in [-0.2, -0.15) is 0 Å². The smallest absolute Gasteiger partial charge is 0.167 e. The minimum absolute atomic E-state index is 0.00448. The molecule has 4 atom stereocenters. The molecule has 4 rings (SSSR count). The molecule has 47 heavy (non-hydrogen) atoms. The summed E-state index contributed by atoms with van der Waals surface area (Å²) in [6.07, 6.45) is 1.19. The Bertz CT molecular complexity index is 1560. The molecule has 3 aromatic carbocycles. The topological polar surface area (TPSA) is 157 Å². The Balaban J connectivity index is 1.54. The van der Waals surface area contributed by atoms with Gasteiger partial charge in [-0.1, -0.05) is 50.6 Å². The first-order valence-electron chi connectivity index (χ1n) is 16.0. The number of aromatic nitrogens is 3. The Hall–Kier alpha value is -4.29. The van der Waals surface area contributed by atoms with Crippen LogP contribution in [0.15, 0.2) is 66.7 Å². The van der Waals surface area contributed by atoms with E-state index in [0.29, 0.717) is 34.0 Å². The van der Waals surface area contributed by atoms with Crippen LogP contribution in [0, 0.1) is 0 Å². The molecule has 252 valence electrons. The van der Waals surface area contributed by atoms with Crippen molar-refractivity contribution in [3.05, 3.63) is 66.7 Å². The van der Waals surface area contributed by atoms with Gasteiger partial charge in [-0.15, -0.1) is 0 Å². The van der Waals surface area contributed by atoms with Crippen LogP contribution in [0.5, 0.6) is 23.0 Å². The molecule has 4 N–H and O–H groups in total. The number of nitrogens with zero attached hydrogens (tertiary/aromatic N) is 3. The average molecular weight is 648 g/mol. The SMILES string of the molecule is CCCC(C)OCC(O)COc1ccc(-c2nc(-c3ccccc3)nc(-c3ccc(OCC(O)COC(C)CC)cc3O)n2)c(O)c1. The van der Waals surface area contributed by atoms with E-state index in [-0.39, 0.29) is 61.8 Å². The van der Waals surface area contributed by atoms with Gasteiger partial charge in [0, 0.05) is 17.7 Å². The quantitative estimate of drug-likeness (QED) is 0.104. The van der Waals surface area contributed by atoms with Crippen molar-refractivity contribution in [2.24, 2.45) is 0 Å². The fourth-order valence-corrected chi connectivity index (χ4v) is 4.55. The highest BCUT2D eigenvalue weighted by atomic mass is 16.5. The van der Waals surface area contributed by atoms with Gasteiger partial charge in [0.05, 0.1) is 36.5 Å². The van der Waals surface area contributed by atoms with Gasteiger partial charge < -0.3 is 39.4 Å². The second kappa shape index (κ2) is 17.6. The van der Waals surface area contributed by atoms with E-state index < -0.39 is 12.2 Å². The van der Waals surface area contributed by atoms with Crippen molar-refractivity contribution < 1.29 is 39.4 Å². The zero-order chi connectivity index (χ0) is 33.8. The standard InChI is InChI=1S/C36H45N3O8/c1-5-10-24(4)45-20-27(41)22-47-29-14-16-31(33(43)18-29)36-38-34(25-11-8-7-9-12-25)37-35(39-36)30-15-13-28(17-32(30)42)46-21-26(40)19-44-23(3)6-2/h7-9,11-18,23-24,26-27,40-43H,5-6,10,19-22H2,1-4H3. The van der Waals surface area contributed by atoms with E-state index in [1.807, 2.05) is 51.1 Å². The summed E-state index contributed by atoms with van der Waals surface area (Å²) in [5.41, 5.74) is 1.36. The molecule has 0 radical (unpaired) electrons. The van der Waals surface area contributed by atoms with E-state index in [1.54, 1.807) is 24.3 Å². The van der Waals surface area contributed by atoms with E-state index in [4.69, 9.17) is 18.9 Å². The number of hydrogen-bond donors (Lipinski definition) is 4.